The smallest absolute Gasteiger partial charge is 0.319 e. The molecule has 1 amide bonds. The van der Waals surface area contributed by atoms with Crippen LogP contribution in [0.25, 0.3) is 0 Å². The number of amides is 1. The number of carbonyl (C=O) groups is 2. The van der Waals surface area contributed by atoms with Gasteiger partial charge in [-0.25, -0.2) is 0 Å². The van der Waals surface area contributed by atoms with E-state index in [1.54, 1.807) is 4.90 Å². The standard InChI is InChI=1S/C11H18N2O3/c1-5-6-12-10(14)7-13(9(2)3)8-11(15)16-4/h1,9H,6-8H2,2-4H3,(H,12,14). The van der Waals surface area contributed by atoms with Crippen molar-refractivity contribution in [2.45, 2.75) is 19.9 Å². The first-order valence-electron chi connectivity index (χ1n) is 5.02. The molecule has 5 nitrogen and oxygen atoms in total. The number of methoxy groups -OCH3 is 1. The van der Waals surface area contributed by atoms with Gasteiger partial charge in [-0.05, 0) is 13.8 Å². The van der Waals surface area contributed by atoms with Gasteiger partial charge in [-0.15, -0.1) is 6.42 Å². The van der Waals surface area contributed by atoms with Crippen molar-refractivity contribution in [1.82, 2.24) is 10.2 Å². The van der Waals surface area contributed by atoms with Crippen LogP contribution in [0.1, 0.15) is 13.8 Å². The Bertz CT molecular complexity index is 281. The molecule has 0 aromatic heterocycles. The van der Waals surface area contributed by atoms with E-state index in [4.69, 9.17) is 6.42 Å². The Hall–Kier alpha value is -1.54. The van der Waals surface area contributed by atoms with Crippen LogP contribution in [0.5, 0.6) is 0 Å². The lowest BCUT2D eigenvalue weighted by molar-refractivity contribution is -0.142. The molecule has 1 N–H and O–H groups in total. The van der Waals surface area contributed by atoms with E-state index in [0.717, 1.165) is 0 Å². The summed E-state index contributed by atoms with van der Waals surface area (Å²) in [5.41, 5.74) is 0. The molecule has 0 aromatic rings. The first-order valence-corrected chi connectivity index (χ1v) is 5.02. The number of esters is 1. The van der Waals surface area contributed by atoms with Crippen LogP contribution in [-0.4, -0.2) is 49.6 Å². The third kappa shape index (κ3) is 6.04. The zero-order valence-electron chi connectivity index (χ0n) is 9.95. The van der Waals surface area contributed by atoms with Gasteiger partial charge in [0.1, 0.15) is 0 Å². The molecule has 0 spiro atoms. The lowest BCUT2D eigenvalue weighted by atomic mass is 10.3. The molecule has 0 atom stereocenters. The Morgan fingerprint density at radius 2 is 2.06 bits per heavy atom. The summed E-state index contributed by atoms with van der Waals surface area (Å²) in [7, 11) is 1.32. The quantitative estimate of drug-likeness (QED) is 0.495. The fraction of sp³-hybridized carbons (Fsp3) is 0.636. The third-order valence-corrected chi connectivity index (χ3v) is 2.02. The summed E-state index contributed by atoms with van der Waals surface area (Å²) >= 11 is 0. The number of hydrogen-bond donors (Lipinski definition) is 1. The van der Waals surface area contributed by atoms with Crippen molar-refractivity contribution in [3.05, 3.63) is 0 Å². The number of nitrogens with one attached hydrogen (secondary N) is 1. The summed E-state index contributed by atoms with van der Waals surface area (Å²) in [5.74, 6) is 1.75. The van der Waals surface area contributed by atoms with Gasteiger partial charge in [-0.2, -0.15) is 0 Å². The maximum Gasteiger partial charge on any atom is 0.319 e. The van der Waals surface area contributed by atoms with Gasteiger partial charge in [-0.1, -0.05) is 5.92 Å². The summed E-state index contributed by atoms with van der Waals surface area (Å²) in [4.78, 5) is 24.2. The monoisotopic (exact) mass is 226 g/mol. The summed E-state index contributed by atoms with van der Waals surface area (Å²) in [6.45, 7) is 4.23. The van der Waals surface area contributed by atoms with Gasteiger partial charge in [0, 0.05) is 6.04 Å². The molecule has 5 heteroatoms. The van der Waals surface area contributed by atoms with Crippen molar-refractivity contribution in [2.24, 2.45) is 0 Å². The number of terminal acetylenes is 1. The Kier molecular flexibility index (Phi) is 6.97. The van der Waals surface area contributed by atoms with Gasteiger partial charge in [0.05, 0.1) is 26.7 Å². The average Bonchev–Trinajstić information content (AvgIpc) is 2.24. The highest BCUT2D eigenvalue weighted by Gasteiger charge is 2.17. The van der Waals surface area contributed by atoms with Crippen molar-refractivity contribution in [2.75, 3.05) is 26.7 Å². The van der Waals surface area contributed by atoms with E-state index in [9.17, 15) is 9.59 Å². The fourth-order valence-corrected chi connectivity index (χ4v) is 1.04. The van der Waals surface area contributed by atoms with Crippen LogP contribution in [-0.2, 0) is 14.3 Å². The van der Waals surface area contributed by atoms with Crippen LogP contribution in [0, 0.1) is 12.3 Å². The Morgan fingerprint density at radius 1 is 1.44 bits per heavy atom. The zero-order chi connectivity index (χ0) is 12.6. The molecule has 16 heavy (non-hydrogen) atoms. The predicted molar refractivity (Wildman–Crippen MR) is 60.6 cm³/mol. The maximum absolute atomic E-state index is 11.4. The molecular weight excluding hydrogens is 208 g/mol. The predicted octanol–water partition coefficient (Wildman–Crippen LogP) is -0.381. The molecule has 0 aliphatic heterocycles. The number of carbonyl (C=O) groups excluding carboxylic acids is 2. The largest absolute Gasteiger partial charge is 0.468 e. The minimum atomic E-state index is -0.363. The van der Waals surface area contributed by atoms with Gasteiger partial charge in [0.2, 0.25) is 5.91 Å². The van der Waals surface area contributed by atoms with Crippen LogP contribution < -0.4 is 5.32 Å². The molecule has 0 unspecified atom stereocenters. The van der Waals surface area contributed by atoms with Gasteiger partial charge in [0.15, 0.2) is 0 Å². The molecular formula is C11H18N2O3. The van der Waals surface area contributed by atoms with E-state index in [2.05, 4.69) is 16.0 Å². The Labute approximate surface area is 96.1 Å². The Morgan fingerprint density at radius 3 is 2.50 bits per heavy atom. The van der Waals surface area contributed by atoms with E-state index >= 15 is 0 Å². The fourth-order valence-electron chi connectivity index (χ4n) is 1.04. The second-order valence-corrected chi connectivity index (χ2v) is 3.56. The number of hydrogen-bond acceptors (Lipinski definition) is 4. The van der Waals surface area contributed by atoms with Crippen molar-refractivity contribution in [1.29, 1.82) is 0 Å². The van der Waals surface area contributed by atoms with Crippen molar-refractivity contribution < 1.29 is 14.3 Å². The topological polar surface area (TPSA) is 58.6 Å². The number of rotatable bonds is 6. The van der Waals surface area contributed by atoms with E-state index in [1.807, 2.05) is 13.8 Å². The molecule has 0 bridgehead atoms. The Balaban J connectivity index is 4.18. The molecule has 0 aromatic carbocycles. The SMILES string of the molecule is C#CCNC(=O)CN(CC(=O)OC)C(C)C. The summed E-state index contributed by atoms with van der Waals surface area (Å²) < 4.78 is 4.55. The molecule has 0 aliphatic rings. The second kappa shape index (κ2) is 7.71. The highest BCUT2D eigenvalue weighted by atomic mass is 16.5. The summed E-state index contributed by atoms with van der Waals surface area (Å²) in [6.07, 6.45) is 5.02. The molecule has 90 valence electrons. The highest BCUT2D eigenvalue weighted by Crippen LogP contribution is 1.97. The first kappa shape index (κ1) is 14.5. The van der Waals surface area contributed by atoms with Crippen molar-refractivity contribution in [3.8, 4) is 12.3 Å². The molecule has 0 aliphatic carbocycles. The lowest BCUT2D eigenvalue weighted by Crippen LogP contribution is -2.43. The summed E-state index contributed by atoms with van der Waals surface area (Å²) in [6, 6.07) is 0.0793. The van der Waals surface area contributed by atoms with E-state index in [-0.39, 0.29) is 37.6 Å². The molecule has 0 fully saturated rings. The van der Waals surface area contributed by atoms with Crippen LogP contribution >= 0.6 is 0 Å². The first-order chi connectivity index (χ1) is 7.51. The van der Waals surface area contributed by atoms with Gasteiger partial charge in [-0.3, -0.25) is 14.5 Å². The normalized spacial score (nSPS) is 10.0. The number of nitrogens with zero attached hydrogens (tertiary/aromatic N) is 1. The van der Waals surface area contributed by atoms with Crippen LogP contribution in [0.4, 0.5) is 0 Å². The van der Waals surface area contributed by atoms with E-state index in [0.29, 0.717) is 0 Å². The minimum Gasteiger partial charge on any atom is -0.468 e. The molecule has 0 saturated heterocycles. The highest BCUT2D eigenvalue weighted by molar-refractivity contribution is 5.79. The van der Waals surface area contributed by atoms with E-state index in [1.165, 1.54) is 7.11 Å². The molecule has 0 heterocycles. The van der Waals surface area contributed by atoms with Gasteiger partial charge < -0.3 is 10.1 Å². The zero-order valence-corrected chi connectivity index (χ0v) is 9.95. The van der Waals surface area contributed by atoms with Crippen LogP contribution in [0.3, 0.4) is 0 Å². The van der Waals surface area contributed by atoms with E-state index < -0.39 is 0 Å². The van der Waals surface area contributed by atoms with Crippen LogP contribution in [0.15, 0.2) is 0 Å². The maximum atomic E-state index is 11.4. The third-order valence-electron chi connectivity index (χ3n) is 2.02. The molecule has 0 radical (unpaired) electrons. The lowest BCUT2D eigenvalue weighted by Gasteiger charge is -2.24. The minimum absolute atomic E-state index is 0.0793. The summed E-state index contributed by atoms with van der Waals surface area (Å²) in [5, 5.41) is 2.54. The molecule has 0 rings (SSSR count). The van der Waals surface area contributed by atoms with Gasteiger partial charge >= 0.3 is 5.97 Å². The van der Waals surface area contributed by atoms with Crippen molar-refractivity contribution in [3.63, 3.8) is 0 Å². The van der Waals surface area contributed by atoms with Crippen LogP contribution in [0.2, 0.25) is 0 Å². The number of ether oxygens (including phenoxy) is 1. The van der Waals surface area contributed by atoms with Crippen molar-refractivity contribution >= 4 is 11.9 Å². The molecule has 0 saturated carbocycles. The van der Waals surface area contributed by atoms with Gasteiger partial charge in [0.25, 0.3) is 0 Å². The average molecular weight is 226 g/mol. The second-order valence-electron chi connectivity index (χ2n) is 3.56.